The molecule has 0 rings (SSSR count). The van der Waals surface area contributed by atoms with Crippen LogP contribution in [0.2, 0.25) is 0 Å². The van der Waals surface area contributed by atoms with Crippen molar-refractivity contribution in [2.75, 3.05) is 0 Å². The van der Waals surface area contributed by atoms with Crippen LogP contribution in [0, 0.1) is 0 Å². The van der Waals surface area contributed by atoms with E-state index in [1.807, 2.05) is 0 Å². The Balaban J connectivity index is -0.00000000300. The number of rotatable bonds is 0. The number of nitrogens with two attached hydrogens (primary N) is 2. The minimum absolute atomic E-state index is 0. The van der Waals surface area contributed by atoms with Crippen molar-refractivity contribution in [2.45, 2.75) is 0 Å². The van der Waals surface area contributed by atoms with E-state index < -0.39 is 6.03 Å². The Morgan fingerprint density at radius 3 is 1.14 bits per heavy atom. The second kappa shape index (κ2) is 15.7. The normalized spacial score (nSPS) is 3.43. The molecule has 4 N–H and O–H groups in total. The predicted octanol–water partition coefficient (Wildman–Crippen LogP) is -9.63. The molecule has 0 spiro atoms. The van der Waals surface area contributed by atoms with Crippen LogP contribution in [0.1, 0.15) is 4.28 Å². The van der Waals surface area contributed by atoms with Crippen molar-refractivity contribution in [3.8, 4) is 0 Å². The third kappa shape index (κ3) is 63.1. The van der Waals surface area contributed by atoms with E-state index in [4.69, 9.17) is 4.79 Å². The molecule has 0 aromatic rings. The van der Waals surface area contributed by atoms with Gasteiger partial charge in [-0.3, -0.25) is 0 Å². The molecule has 30 valence electrons. The maximum atomic E-state index is 9.00. The Labute approximate surface area is 113 Å². The van der Waals surface area contributed by atoms with Gasteiger partial charge in [-0.05, 0) is 0 Å². The molecule has 6 heteroatoms. The van der Waals surface area contributed by atoms with Gasteiger partial charge in [-0.15, -0.1) is 0 Å². The van der Waals surface area contributed by atoms with Crippen LogP contribution in [0.5, 0.6) is 0 Å². The smallest absolute Gasteiger partial charge is 1.00 e. The minimum atomic E-state index is -0.833. The van der Waals surface area contributed by atoms with Crippen LogP contribution in [-0.2, 0) is 0 Å². The molecule has 0 heterocycles. The fourth-order valence-electron chi connectivity index (χ4n) is 0. The van der Waals surface area contributed by atoms with E-state index in [-0.39, 0.29) is 93.0 Å². The third-order valence-electron chi connectivity index (χ3n) is 0. The standard InChI is InChI=1S/CH4N2O.3Na.3H/c2-1(3)4;;;;;;/h(H4,2,3,4);;;;;;/q;3*+1;3*-1. The first-order valence-electron chi connectivity index (χ1n) is 0.781. The van der Waals surface area contributed by atoms with Gasteiger partial charge in [-0.25, -0.2) is 4.79 Å². The maximum absolute atomic E-state index is 9.00. The van der Waals surface area contributed by atoms with E-state index in [0.717, 1.165) is 0 Å². The zero-order chi connectivity index (χ0) is 3.58. The van der Waals surface area contributed by atoms with Crippen molar-refractivity contribution < 1.29 is 97.7 Å². The quantitative estimate of drug-likeness (QED) is 0.316. The average Bonchev–Trinajstić information content (AvgIpc) is 0.811. The van der Waals surface area contributed by atoms with Gasteiger partial charge in [0.25, 0.3) is 0 Å². The van der Waals surface area contributed by atoms with E-state index in [1.165, 1.54) is 0 Å². The van der Waals surface area contributed by atoms with E-state index in [9.17, 15) is 0 Å². The van der Waals surface area contributed by atoms with Crippen LogP contribution in [0.25, 0.3) is 0 Å². The Bertz CT molecular complexity index is 44.7. The first-order chi connectivity index (χ1) is 1.73. The van der Waals surface area contributed by atoms with Gasteiger partial charge >= 0.3 is 94.7 Å². The average molecular weight is 132 g/mol. The monoisotopic (exact) mass is 132 g/mol. The summed E-state index contributed by atoms with van der Waals surface area (Å²) >= 11 is 0. The SMILES string of the molecule is NC(N)=O.[H-].[H-].[H-].[Na+].[Na+].[Na+]. The van der Waals surface area contributed by atoms with Crippen LogP contribution in [0.15, 0.2) is 0 Å². The topological polar surface area (TPSA) is 69.1 Å². The molecule has 0 aliphatic heterocycles. The summed E-state index contributed by atoms with van der Waals surface area (Å²) in [6, 6.07) is -0.833. The largest absolute Gasteiger partial charge is 1.00 e. The van der Waals surface area contributed by atoms with Gasteiger partial charge < -0.3 is 15.7 Å². The summed E-state index contributed by atoms with van der Waals surface area (Å²) in [5, 5.41) is 0. The molecule has 0 atom stereocenters. The number of urea groups is 1. The molecule has 0 bridgehead atoms. The molecule has 0 aliphatic carbocycles. The number of primary amides is 2. The summed E-state index contributed by atoms with van der Waals surface area (Å²) in [5.74, 6) is 0. The Morgan fingerprint density at radius 2 is 1.14 bits per heavy atom. The summed E-state index contributed by atoms with van der Waals surface area (Å²) in [6.45, 7) is 0. The number of hydrogen-bond donors (Lipinski definition) is 2. The van der Waals surface area contributed by atoms with Crippen molar-refractivity contribution in [3.05, 3.63) is 0 Å². The molecule has 2 amide bonds. The molecule has 0 aromatic carbocycles. The first-order valence-corrected chi connectivity index (χ1v) is 0.781. The number of carbonyl (C=O) groups is 1. The second-order valence-electron chi connectivity index (χ2n) is 0.402. The summed E-state index contributed by atoms with van der Waals surface area (Å²) in [4.78, 5) is 9.00. The zero-order valence-electron chi connectivity index (χ0n) is 8.06. The van der Waals surface area contributed by atoms with Crippen molar-refractivity contribution >= 4 is 6.03 Å². The molecule has 0 saturated carbocycles. The first kappa shape index (κ1) is 22.8. The van der Waals surface area contributed by atoms with E-state index in [0.29, 0.717) is 0 Å². The van der Waals surface area contributed by atoms with Gasteiger partial charge in [0.1, 0.15) is 0 Å². The Hall–Kier alpha value is 2.27. The van der Waals surface area contributed by atoms with Gasteiger partial charge in [0.05, 0.1) is 0 Å². The molecule has 0 aliphatic rings. The van der Waals surface area contributed by atoms with Crippen LogP contribution < -0.4 is 100 Å². The number of amides is 2. The van der Waals surface area contributed by atoms with Crippen molar-refractivity contribution in [1.82, 2.24) is 0 Å². The molecular weight excluding hydrogens is 125 g/mol. The van der Waals surface area contributed by atoms with Crippen molar-refractivity contribution in [3.63, 3.8) is 0 Å². The van der Waals surface area contributed by atoms with Crippen molar-refractivity contribution in [2.24, 2.45) is 11.5 Å². The van der Waals surface area contributed by atoms with Crippen LogP contribution in [0.4, 0.5) is 4.79 Å². The number of carbonyl (C=O) groups excluding carboxylic acids is 1. The maximum Gasteiger partial charge on any atom is 1.00 e. The fourth-order valence-corrected chi connectivity index (χ4v) is 0. The molecule has 0 fully saturated rings. The second-order valence-corrected chi connectivity index (χ2v) is 0.402. The van der Waals surface area contributed by atoms with Gasteiger partial charge in [0, 0.05) is 0 Å². The zero-order valence-corrected chi connectivity index (χ0v) is 11.1. The molecule has 3 nitrogen and oxygen atoms in total. The van der Waals surface area contributed by atoms with Gasteiger partial charge in [0.2, 0.25) is 0 Å². The summed E-state index contributed by atoms with van der Waals surface area (Å²) in [6.07, 6.45) is 0. The van der Waals surface area contributed by atoms with Crippen LogP contribution >= 0.6 is 0 Å². The van der Waals surface area contributed by atoms with Crippen molar-refractivity contribution in [1.29, 1.82) is 0 Å². The van der Waals surface area contributed by atoms with Crippen LogP contribution in [0.3, 0.4) is 0 Å². The molecule has 7 heavy (non-hydrogen) atoms. The Kier molecular flexibility index (Phi) is 51.3. The van der Waals surface area contributed by atoms with E-state index in [1.54, 1.807) is 0 Å². The fraction of sp³-hybridized carbons (Fsp3) is 0. The molecule has 0 aromatic heterocycles. The molecule has 0 unspecified atom stereocenters. The van der Waals surface area contributed by atoms with Gasteiger partial charge in [-0.2, -0.15) is 0 Å². The number of hydrogen-bond acceptors (Lipinski definition) is 1. The van der Waals surface area contributed by atoms with E-state index >= 15 is 0 Å². The van der Waals surface area contributed by atoms with E-state index in [2.05, 4.69) is 11.5 Å². The van der Waals surface area contributed by atoms with Gasteiger partial charge in [0.15, 0.2) is 0 Å². The molecule has 0 saturated heterocycles. The van der Waals surface area contributed by atoms with Crippen LogP contribution in [-0.4, -0.2) is 6.03 Å². The summed E-state index contributed by atoms with van der Waals surface area (Å²) in [7, 11) is 0. The summed E-state index contributed by atoms with van der Waals surface area (Å²) < 4.78 is 0. The molecular formula is CH7N2Na3O. The molecule has 0 radical (unpaired) electrons. The minimum Gasteiger partial charge on any atom is -1.00 e. The summed E-state index contributed by atoms with van der Waals surface area (Å²) in [5.41, 5.74) is 8.50. The third-order valence-corrected chi connectivity index (χ3v) is 0. The Morgan fingerprint density at radius 1 is 1.14 bits per heavy atom. The van der Waals surface area contributed by atoms with Gasteiger partial charge in [-0.1, -0.05) is 0 Å². The predicted molar refractivity (Wildman–Crippen MR) is 17.1 cm³/mol.